The van der Waals surface area contributed by atoms with E-state index in [1.807, 2.05) is 13.8 Å². The van der Waals surface area contributed by atoms with Crippen molar-refractivity contribution >= 4 is 64.1 Å². The highest BCUT2D eigenvalue weighted by molar-refractivity contribution is 6.35. The van der Waals surface area contributed by atoms with Gasteiger partial charge in [-0.2, -0.15) is 0 Å². The molecule has 0 aliphatic heterocycles. The molecule has 10 nitrogen and oxygen atoms in total. The van der Waals surface area contributed by atoms with Crippen LogP contribution in [0.25, 0.3) is 0 Å². The number of para-hydroxylation sites is 2. The molecule has 0 saturated heterocycles. The lowest BCUT2D eigenvalue weighted by Gasteiger charge is -2.26. The van der Waals surface area contributed by atoms with Crippen LogP contribution in [0.4, 0.5) is 21.9 Å². The summed E-state index contributed by atoms with van der Waals surface area (Å²) >= 11 is 12.2. The molecule has 0 bridgehead atoms. The van der Waals surface area contributed by atoms with Gasteiger partial charge in [0.1, 0.15) is 5.75 Å². The first kappa shape index (κ1) is 33.2. The minimum absolute atomic E-state index is 0.182. The molecule has 0 atom stereocenters. The Kier molecular flexibility index (Phi) is 12.2. The van der Waals surface area contributed by atoms with E-state index in [4.69, 9.17) is 33.0 Å². The van der Waals surface area contributed by atoms with E-state index in [2.05, 4.69) is 10.6 Å². The van der Waals surface area contributed by atoms with E-state index in [0.29, 0.717) is 51.4 Å². The number of benzene rings is 3. The minimum atomic E-state index is -0.986. The quantitative estimate of drug-likeness (QED) is 0.217. The number of urea groups is 1. The number of carboxylic acid groups (broad SMARTS) is 1. The second-order valence-electron chi connectivity index (χ2n) is 10.1. The monoisotopic (exact) mass is 628 g/mol. The van der Waals surface area contributed by atoms with Crippen molar-refractivity contribution in [2.45, 2.75) is 26.7 Å². The predicted octanol–water partition coefficient (Wildman–Crippen LogP) is 5.86. The van der Waals surface area contributed by atoms with Gasteiger partial charge in [-0.05, 0) is 60.4 Å². The number of ether oxygens (including phenoxy) is 1. The molecule has 0 aliphatic carbocycles. The van der Waals surface area contributed by atoms with E-state index >= 15 is 0 Å². The Morgan fingerprint density at radius 1 is 0.930 bits per heavy atom. The third-order valence-electron chi connectivity index (χ3n) is 6.29. The van der Waals surface area contributed by atoms with Crippen molar-refractivity contribution < 1.29 is 29.0 Å². The lowest BCUT2D eigenvalue weighted by Crippen LogP contribution is -2.42. The number of anilines is 3. The minimum Gasteiger partial charge on any atom is -0.482 e. The first-order valence-electron chi connectivity index (χ1n) is 13.5. The molecule has 3 N–H and O–H groups in total. The average Bonchev–Trinajstić information content (AvgIpc) is 2.94. The smallest absolute Gasteiger partial charge is 0.319 e. The third-order valence-corrected chi connectivity index (χ3v) is 6.72. The summed E-state index contributed by atoms with van der Waals surface area (Å²) in [5, 5.41) is 15.0. The van der Waals surface area contributed by atoms with Crippen LogP contribution in [-0.4, -0.2) is 55.7 Å². The number of nitrogens with zero attached hydrogens (tertiary/aromatic N) is 2. The number of halogens is 2. The Hall–Kier alpha value is -4.28. The average molecular weight is 630 g/mol. The maximum Gasteiger partial charge on any atom is 0.319 e. The van der Waals surface area contributed by atoms with Crippen molar-refractivity contribution in [3.8, 4) is 5.75 Å². The Labute approximate surface area is 260 Å². The van der Waals surface area contributed by atoms with Gasteiger partial charge in [-0.1, -0.05) is 61.3 Å². The van der Waals surface area contributed by atoms with Gasteiger partial charge in [0.25, 0.3) is 5.91 Å². The number of likely N-dealkylation sites (N-methyl/N-ethyl adjacent to an activating group) is 1. The summed E-state index contributed by atoms with van der Waals surface area (Å²) in [6, 6.07) is 17.5. The molecule has 3 aromatic carbocycles. The summed E-state index contributed by atoms with van der Waals surface area (Å²) in [6.07, 6.45) is 0.499. The van der Waals surface area contributed by atoms with Crippen LogP contribution >= 0.6 is 23.2 Å². The van der Waals surface area contributed by atoms with Gasteiger partial charge in [0.15, 0.2) is 6.61 Å². The number of hydrogen-bond acceptors (Lipinski definition) is 5. The molecule has 3 aromatic rings. The van der Waals surface area contributed by atoms with Gasteiger partial charge in [0.05, 0.1) is 18.7 Å². The molecular formula is C31H34Cl2N4O6. The number of nitrogens with one attached hydrogen (secondary N) is 2. The molecule has 0 aliphatic rings. The molecule has 3 rings (SSSR count). The van der Waals surface area contributed by atoms with Crippen LogP contribution in [0.3, 0.4) is 0 Å². The second kappa shape index (κ2) is 15.8. The predicted molar refractivity (Wildman–Crippen MR) is 168 cm³/mol. The van der Waals surface area contributed by atoms with Gasteiger partial charge in [-0.15, -0.1) is 0 Å². The fourth-order valence-electron chi connectivity index (χ4n) is 4.04. The lowest BCUT2D eigenvalue weighted by atomic mass is 10.1. The second-order valence-corrected chi connectivity index (χ2v) is 11.0. The van der Waals surface area contributed by atoms with Crippen LogP contribution in [0.15, 0.2) is 66.7 Å². The maximum atomic E-state index is 13.4. The molecule has 12 heteroatoms. The first-order valence-corrected chi connectivity index (χ1v) is 14.3. The zero-order valence-corrected chi connectivity index (χ0v) is 25.6. The number of hydrogen-bond donors (Lipinski definition) is 3. The van der Waals surface area contributed by atoms with Crippen molar-refractivity contribution in [3.05, 3.63) is 82.3 Å². The van der Waals surface area contributed by atoms with Crippen molar-refractivity contribution in [3.63, 3.8) is 0 Å². The summed E-state index contributed by atoms with van der Waals surface area (Å²) in [7, 11) is 1.58. The Balaban J connectivity index is 1.69. The molecule has 0 heterocycles. The molecule has 0 aromatic heterocycles. The van der Waals surface area contributed by atoms with Crippen molar-refractivity contribution in [2.24, 2.45) is 5.92 Å². The molecule has 0 radical (unpaired) electrons. The van der Waals surface area contributed by atoms with E-state index in [-0.39, 0.29) is 37.3 Å². The topological polar surface area (TPSA) is 128 Å². The largest absolute Gasteiger partial charge is 0.482 e. The van der Waals surface area contributed by atoms with Crippen LogP contribution in [-0.2, 0) is 20.8 Å². The number of carboxylic acids is 1. The maximum absolute atomic E-state index is 13.4. The van der Waals surface area contributed by atoms with Crippen LogP contribution < -0.4 is 25.2 Å². The van der Waals surface area contributed by atoms with Gasteiger partial charge in [0.2, 0.25) is 5.91 Å². The summed E-state index contributed by atoms with van der Waals surface area (Å²) in [5.74, 6) is -1.12. The van der Waals surface area contributed by atoms with E-state index in [0.717, 1.165) is 0 Å². The van der Waals surface area contributed by atoms with Gasteiger partial charge in [0, 0.05) is 35.0 Å². The highest BCUT2D eigenvalue weighted by Gasteiger charge is 2.22. The SMILES string of the molecule is CC(C)CCN(C(=O)CNC(=O)Nc1cccc(CC(=O)O)c1)c1ccccc1OCC(=O)N(C)c1cc(Cl)cc(Cl)c1. The molecule has 4 amide bonds. The molecule has 0 unspecified atom stereocenters. The standard InChI is InChI=1S/C31H34Cl2N4O6/c1-20(2)11-12-37(28(38)18-34-31(42)35-24-8-6-7-21(13-24)14-30(40)41)26-9-4-5-10-27(26)43-19-29(39)36(3)25-16-22(32)15-23(33)17-25/h4-10,13,15-17,20H,11-12,14,18-19H2,1-3H3,(H,40,41)(H2,34,35,42). The normalized spacial score (nSPS) is 10.7. The number of aliphatic carboxylic acids is 1. The fourth-order valence-corrected chi connectivity index (χ4v) is 4.56. The van der Waals surface area contributed by atoms with E-state index in [9.17, 15) is 19.2 Å². The van der Waals surface area contributed by atoms with Crippen molar-refractivity contribution in [1.29, 1.82) is 0 Å². The molecule has 43 heavy (non-hydrogen) atoms. The van der Waals surface area contributed by atoms with Crippen LogP contribution in [0, 0.1) is 5.92 Å². The van der Waals surface area contributed by atoms with Crippen LogP contribution in [0.2, 0.25) is 10.0 Å². The highest BCUT2D eigenvalue weighted by atomic mass is 35.5. The summed E-state index contributed by atoms with van der Waals surface area (Å²) in [6.45, 7) is 3.79. The van der Waals surface area contributed by atoms with Crippen molar-refractivity contribution in [2.75, 3.05) is 41.9 Å². The van der Waals surface area contributed by atoms with E-state index in [1.165, 1.54) is 9.80 Å². The summed E-state index contributed by atoms with van der Waals surface area (Å²) in [5.41, 5.74) is 1.89. The van der Waals surface area contributed by atoms with Crippen molar-refractivity contribution in [1.82, 2.24) is 5.32 Å². The number of carbonyl (C=O) groups is 4. The number of carbonyl (C=O) groups excluding carboxylic acids is 3. The Bertz CT molecular complexity index is 1450. The zero-order valence-electron chi connectivity index (χ0n) is 24.1. The van der Waals surface area contributed by atoms with Gasteiger partial charge in [-0.25, -0.2) is 4.79 Å². The van der Waals surface area contributed by atoms with Gasteiger partial charge < -0.3 is 30.3 Å². The number of amides is 4. The van der Waals surface area contributed by atoms with E-state index < -0.39 is 12.0 Å². The first-order chi connectivity index (χ1) is 20.4. The van der Waals surface area contributed by atoms with Crippen LogP contribution in [0.1, 0.15) is 25.8 Å². The molecule has 228 valence electrons. The summed E-state index contributed by atoms with van der Waals surface area (Å²) < 4.78 is 5.89. The lowest BCUT2D eigenvalue weighted by molar-refractivity contribution is -0.136. The highest BCUT2D eigenvalue weighted by Crippen LogP contribution is 2.30. The van der Waals surface area contributed by atoms with Gasteiger partial charge >= 0.3 is 12.0 Å². The molecule has 0 fully saturated rings. The third kappa shape index (κ3) is 10.5. The van der Waals surface area contributed by atoms with E-state index in [1.54, 1.807) is 73.8 Å². The van der Waals surface area contributed by atoms with Crippen LogP contribution in [0.5, 0.6) is 5.75 Å². The Morgan fingerprint density at radius 3 is 2.30 bits per heavy atom. The zero-order chi connectivity index (χ0) is 31.5. The molecule has 0 saturated carbocycles. The molecular weight excluding hydrogens is 595 g/mol. The fraction of sp³-hybridized carbons (Fsp3) is 0.290. The summed E-state index contributed by atoms with van der Waals surface area (Å²) in [4.78, 5) is 52.8. The Morgan fingerprint density at radius 2 is 1.63 bits per heavy atom. The number of rotatable bonds is 13. The molecule has 0 spiro atoms. The van der Waals surface area contributed by atoms with Gasteiger partial charge in [-0.3, -0.25) is 14.4 Å².